The second-order valence-electron chi connectivity index (χ2n) is 7.00. The van der Waals surface area contributed by atoms with Crippen LogP contribution in [0.4, 0.5) is 0 Å². The fourth-order valence-corrected chi connectivity index (χ4v) is 3.69. The van der Waals surface area contributed by atoms with Gasteiger partial charge in [0.15, 0.2) is 0 Å². The molecule has 2 unspecified atom stereocenters. The van der Waals surface area contributed by atoms with Crippen molar-refractivity contribution in [1.29, 1.82) is 0 Å². The Balaban J connectivity index is 2.23. The summed E-state index contributed by atoms with van der Waals surface area (Å²) in [7, 11) is 2.24. The van der Waals surface area contributed by atoms with Crippen molar-refractivity contribution in [3.8, 4) is 0 Å². The second-order valence-corrected chi connectivity index (χ2v) is 7.00. The van der Waals surface area contributed by atoms with E-state index in [-0.39, 0.29) is 0 Å². The minimum atomic E-state index is 0.599. The predicted molar refractivity (Wildman–Crippen MR) is 93.7 cm³/mol. The van der Waals surface area contributed by atoms with Gasteiger partial charge >= 0.3 is 0 Å². The maximum Gasteiger partial charge on any atom is 0.0221 e. The van der Waals surface area contributed by atoms with E-state index in [0.29, 0.717) is 12.1 Å². The molecule has 2 N–H and O–H groups in total. The Bertz CT molecular complexity index is 245. The summed E-state index contributed by atoms with van der Waals surface area (Å²) in [6.45, 7) is 9.12. The van der Waals surface area contributed by atoms with Gasteiger partial charge in [-0.1, -0.05) is 51.9 Å². The SMILES string of the molecule is CCCCCCCCCC(CN)N1CCCN(C)CC1C. The van der Waals surface area contributed by atoms with E-state index in [4.69, 9.17) is 5.73 Å². The molecule has 0 aromatic rings. The lowest BCUT2D eigenvalue weighted by Crippen LogP contribution is -2.47. The van der Waals surface area contributed by atoms with Gasteiger partial charge in [-0.15, -0.1) is 0 Å². The normalized spacial score (nSPS) is 23.1. The Kier molecular flexibility index (Phi) is 10.3. The molecule has 1 aliphatic rings. The van der Waals surface area contributed by atoms with Gasteiger partial charge in [0.2, 0.25) is 0 Å². The molecular weight excluding hydrogens is 258 g/mol. The van der Waals surface area contributed by atoms with Crippen LogP contribution in [0.2, 0.25) is 0 Å². The third-order valence-corrected chi connectivity index (χ3v) is 4.98. The largest absolute Gasteiger partial charge is 0.329 e. The summed E-state index contributed by atoms with van der Waals surface area (Å²) in [6.07, 6.45) is 12.3. The molecule has 0 bridgehead atoms. The molecule has 21 heavy (non-hydrogen) atoms. The first-order valence-corrected chi connectivity index (χ1v) is 9.33. The molecule has 3 heteroatoms. The molecule has 0 amide bonds. The lowest BCUT2D eigenvalue weighted by Gasteiger charge is -2.35. The van der Waals surface area contributed by atoms with E-state index in [2.05, 4.69) is 30.7 Å². The monoisotopic (exact) mass is 297 g/mol. The quantitative estimate of drug-likeness (QED) is 0.627. The number of hydrogen-bond donors (Lipinski definition) is 1. The lowest BCUT2D eigenvalue weighted by molar-refractivity contribution is 0.137. The molecule has 0 saturated carbocycles. The van der Waals surface area contributed by atoms with E-state index in [1.54, 1.807) is 0 Å². The van der Waals surface area contributed by atoms with Crippen LogP contribution >= 0.6 is 0 Å². The Morgan fingerprint density at radius 3 is 2.38 bits per heavy atom. The van der Waals surface area contributed by atoms with E-state index in [9.17, 15) is 0 Å². The van der Waals surface area contributed by atoms with Crippen LogP contribution in [0.15, 0.2) is 0 Å². The summed E-state index contributed by atoms with van der Waals surface area (Å²) in [5.74, 6) is 0. The van der Waals surface area contributed by atoms with Gasteiger partial charge in [0.1, 0.15) is 0 Å². The minimum absolute atomic E-state index is 0.599. The summed E-state index contributed by atoms with van der Waals surface area (Å²) in [5.41, 5.74) is 6.08. The van der Waals surface area contributed by atoms with Gasteiger partial charge in [-0.3, -0.25) is 4.90 Å². The Morgan fingerprint density at radius 1 is 1.05 bits per heavy atom. The highest BCUT2D eigenvalue weighted by molar-refractivity contribution is 4.82. The van der Waals surface area contributed by atoms with Crippen molar-refractivity contribution in [3.63, 3.8) is 0 Å². The summed E-state index contributed by atoms with van der Waals surface area (Å²) in [6, 6.07) is 1.25. The van der Waals surface area contributed by atoms with Gasteiger partial charge in [0.05, 0.1) is 0 Å². The van der Waals surface area contributed by atoms with Crippen molar-refractivity contribution in [3.05, 3.63) is 0 Å². The zero-order valence-corrected chi connectivity index (χ0v) is 14.8. The highest BCUT2D eigenvalue weighted by Gasteiger charge is 2.25. The van der Waals surface area contributed by atoms with E-state index >= 15 is 0 Å². The molecule has 0 aromatic heterocycles. The fraction of sp³-hybridized carbons (Fsp3) is 1.00. The third kappa shape index (κ3) is 7.62. The van der Waals surface area contributed by atoms with Crippen molar-refractivity contribution in [1.82, 2.24) is 9.80 Å². The molecule has 0 aliphatic carbocycles. The molecular formula is C18H39N3. The molecule has 126 valence electrons. The molecule has 1 aliphatic heterocycles. The smallest absolute Gasteiger partial charge is 0.0221 e. The number of rotatable bonds is 10. The van der Waals surface area contributed by atoms with E-state index in [0.717, 1.165) is 6.54 Å². The first-order chi connectivity index (χ1) is 10.2. The third-order valence-electron chi connectivity index (χ3n) is 4.98. The Hall–Kier alpha value is -0.120. The highest BCUT2D eigenvalue weighted by atomic mass is 15.2. The number of hydrogen-bond acceptors (Lipinski definition) is 3. The maximum atomic E-state index is 6.08. The van der Waals surface area contributed by atoms with E-state index < -0.39 is 0 Å². The number of unbranched alkanes of at least 4 members (excludes halogenated alkanes) is 6. The van der Waals surface area contributed by atoms with Crippen molar-refractivity contribution in [2.45, 2.75) is 83.7 Å². The summed E-state index contributed by atoms with van der Waals surface area (Å²) >= 11 is 0. The van der Waals surface area contributed by atoms with Gasteiger partial charge < -0.3 is 10.6 Å². The molecule has 1 saturated heterocycles. The molecule has 1 fully saturated rings. The van der Waals surface area contributed by atoms with Gasteiger partial charge in [-0.25, -0.2) is 0 Å². The first kappa shape index (κ1) is 18.9. The van der Waals surface area contributed by atoms with E-state index in [1.165, 1.54) is 77.4 Å². The number of nitrogens with zero attached hydrogens (tertiary/aromatic N) is 2. The average Bonchev–Trinajstić information content (AvgIpc) is 2.63. The summed E-state index contributed by atoms with van der Waals surface area (Å²) in [5, 5.41) is 0. The zero-order chi connectivity index (χ0) is 15.5. The van der Waals surface area contributed by atoms with Gasteiger partial charge in [-0.05, 0) is 33.4 Å². The standard InChI is InChI=1S/C18H39N3/c1-4-5-6-7-8-9-10-12-18(15-19)21-14-11-13-20(3)16-17(21)2/h17-18H,4-16,19H2,1-3H3. The minimum Gasteiger partial charge on any atom is -0.329 e. The van der Waals surface area contributed by atoms with Gasteiger partial charge in [0.25, 0.3) is 0 Å². The molecule has 0 spiro atoms. The number of nitrogens with two attached hydrogens (primary N) is 1. The molecule has 1 rings (SSSR count). The van der Waals surface area contributed by atoms with Crippen molar-refractivity contribution in [2.24, 2.45) is 5.73 Å². The van der Waals surface area contributed by atoms with Crippen LogP contribution in [-0.4, -0.2) is 55.1 Å². The maximum absolute atomic E-state index is 6.08. The second kappa shape index (κ2) is 11.4. The Morgan fingerprint density at radius 2 is 1.71 bits per heavy atom. The van der Waals surface area contributed by atoms with Crippen LogP contribution in [0.25, 0.3) is 0 Å². The lowest BCUT2D eigenvalue weighted by atomic mass is 10.0. The van der Waals surface area contributed by atoms with Crippen LogP contribution in [0.3, 0.4) is 0 Å². The first-order valence-electron chi connectivity index (χ1n) is 9.33. The predicted octanol–water partition coefficient (Wildman–Crippen LogP) is 3.48. The zero-order valence-electron chi connectivity index (χ0n) is 14.8. The molecule has 2 atom stereocenters. The summed E-state index contributed by atoms with van der Waals surface area (Å²) < 4.78 is 0. The topological polar surface area (TPSA) is 32.5 Å². The van der Waals surface area contributed by atoms with Crippen LogP contribution in [0, 0.1) is 0 Å². The Labute approximate surface area is 133 Å². The van der Waals surface area contributed by atoms with Crippen LogP contribution in [-0.2, 0) is 0 Å². The van der Waals surface area contributed by atoms with Crippen LogP contribution < -0.4 is 5.73 Å². The van der Waals surface area contributed by atoms with Crippen molar-refractivity contribution >= 4 is 0 Å². The van der Waals surface area contributed by atoms with Gasteiger partial charge in [0, 0.05) is 31.7 Å². The highest BCUT2D eigenvalue weighted by Crippen LogP contribution is 2.17. The molecule has 0 aromatic carbocycles. The van der Waals surface area contributed by atoms with Crippen molar-refractivity contribution in [2.75, 3.05) is 33.2 Å². The number of likely N-dealkylation sites (N-methyl/N-ethyl adjacent to an activating group) is 1. The fourth-order valence-electron chi connectivity index (χ4n) is 3.69. The van der Waals surface area contributed by atoms with Crippen LogP contribution in [0.1, 0.15) is 71.6 Å². The average molecular weight is 298 g/mol. The van der Waals surface area contributed by atoms with Crippen LogP contribution in [0.5, 0.6) is 0 Å². The molecule has 1 heterocycles. The molecule has 0 radical (unpaired) electrons. The molecule has 3 nitrogen and oxygen atoms in total. The van der Waals surface area contributed by atoms with E-state index in [1.807, 2.05) is 0 Å². The van der Waals surface area contributed by atoms with Crippen molar-refractivity contribution < 1.29 is 0 Å². The summed E-state index contributed by atoms with van der Waals surface area (Å²) in [4.78, 5) is 5.15. The van der Waals surface area contributed by atoms with Gasteiger partial charge in [-0.2, -0.15) is 0 Å².